The summed E-state index contributed by atoms with van der Waals surface area (Å²) in [5.41, 5.74) is 1.06. The standard InChI is InChI=1S/C16H23N3O2/c1-16(2,3)15(20)12-8-11-9-14(17-10-13(11)18-12)21-7-6-19(4)5/h8-10,18H,6-7H2,1-5H3. The van der Waals surface area contributed by atoms with E-state index in [-0.39, 0.29) is 5.78 Å². The van der Waals surface area contributed by atoms with Gasteiger partial charge in [0.1, 0.15) is 6.61 Å². The first-order valence-electron chi connectivity index (χ1n) is 7.08. The van der Waals surface area contributed by atoms with Gasteiger partial charge in [-0.05, 0) is 20.2 Å². The third-order valence-electron chi connectivity index (χ3n) is 3.19. The van der Waals surface area contributed by atoms with E-state index >= 15 is 0 Å². The Morgan fingerprint density at radius 3 is 2.67 bits per heavy atom. The molecule has 114 valence electrons. The summed E-state index contributed by atoms with van der Waals surface area (Å²) >= 11 is 0. The maximum absolute atomic E-state index is 12.3. The highest BCUT2D eigenvalue weighted by molar-refractivity contribution is 6.02. The molecule has 0 amide bonds. The minimum absolute atomic E-state index is 0.0915. The average molecular weight is 289 g/mol. The van der Waals surface area contributed by atoms with Gasteiger partial charge in [0, 0.05) is 23.4 Å². The maximum Gasteiger partial charge on any atom is 0.213 e. The van der Waals surface area contributed by atoms with Crippen LogP contribution in [0.4, 0.5) is 0 Å². The molecule has 2 aromatic heterocycles. The molecule has 0 aliphatic rings. The lowest BCUT2D eigenvalue weighted by atomic mass is 9.89. The van der Waals surface area contributed by atoms with Crippen LogP contribution in [0, 0.1) is 5.41 Å². The van der Waals surface area contributed by atoms with Crippen LogP contribution in [0.2, 0.25) is 0 Å². The predicted molar refractivity (Wildman–Crippen MR) is 83.9 cm³/mol. The molecule has 5 nitrogen and oxygen atoms in total. The van der Waals surface area contributed by atoms with Crippen molar-refractivity contribution in [1.29, 1.82) is 0 Å². The van der Waals surface area contributed by atoms with Crippen LogP contribution in [-0.2, 0) is 0 Å². The second-order valence-corrected chi connectivity index (χ2v) is 6.52. The number of aromatic nitrogens is 2. The summed E-state index contributed by atoms with van der Waals surface area (Å²) in [4.78, 5) is 21.7. The smallest absolute Gasteiger partial charge is 0.213 e. The molecule has 0 fully saturated rings. The van der Waals surface area contributed by atoms with E-state index in [1.807, 2.05) is 47.0 Å². The van der Waals surface area contributed by atoms with Crippen molar-refractivity contribution < 1.29 is 9.53 Å². The van der Waals surface area contributed by atoms with Gasteiger partial charge < -0.3 is 14.6 Å². The van der Waals surface area contributed by atoms with Gasteiger partial charge in [-0.2, -0.15) is 0 Å². The first kappa shape index (κ1) is 15.5. The number of hydrogen-bond donors (Lipinski definition) is 1. The molecule has 0 unspecified atom stereocenters. The van der Waals surface area contributed by atoms with E-state index in [4.69, 9.17) is 4.74 Å². The van der Waals surface area contributed by atoms with Crippen molar-refractivity contribution in [3.8, 4) is 5.88 Å². The molecular formula is C16H23N3O2. The van der Waals surface area contributed by atoms with Crippen LogP contribution in [0.25, 0.3) is 10.9 Å². The van der Waals surface area contributed by atoms with E-state index in [9.17, 15) is 4.79 Å². The third kappa shape index (κ3) is 3.82. The van der Waals surface area contributed by atoms with E-state index in [1.54, 1.807) is 6.20 Å². The number of carbonyl (C=O) groups excluding carboxylic acids is 1. The molecule has 0 aromatic carbocycles. The molecule has 0 saturated carbocycles. The molecule has 0 bridgehead atoms. The quantitative estimate of drug-likeness (QED) is 0.860. The van der Waals surface area contributed by atoms with Crippen LogP contribution in [-0.4, -0.2) is 47.9 Å². The summed E-state index contributed by atoms with van der Waals surface area (Å²) in [7, 11) is 3.99. The number of fused-ring (bicyclic) bond motifs is 1. The first-order valence-corrected chi connectivity index (χ1v) is 7.08. The van der Waals surface area contributed by atoms with Crippen molar-refractivity contribution in [3.63, 3.8) is 0 Å². The predicted octanol–water partition coefficient (Wildman–Crippen LogP) is 2.73. The number of pyridine rings is 1. The molecule has 0 spiro atoms. The summed E-state index contributed by atoms with van der Waals surface area (Å²) < 4.78 is 5.61. The van der Waals surface area contributed by atoms with Crippen LogP contribution in [0.5, 0.6) is 5.88 Å². The molecule has 0 aliphatic heterocycles. The van der Waals surface area contributed by atoms with E-state index < -0.39 is 5.41 Å². The lowest BCUT2D eigenvalue weighted by Gasteiger charge is -2.14. The Bertz CT molecular complexity index is 638. The van der Waals surface area contributed by atoms with Gasteiger partial charge in [0.05, 0.1) is 17.4 Å². The van der Waals surface area contributed by atoms with E-state index in [0.717, 1.165) is 17.4 Å². The van der Waals surface area contributed by atoms with Gasteiger partial charge in [0.2, 0.25) is 5.88 Å². The highest BCUT2D eigenvalue weighted by Gasteiger charge is 2.24. The highest BCUT2D eigenvalue weighted by atomic mass is 16.5. The summed E-state index contributed by atoms with van der Waals surface area (Å²) in [5.74, 6) is 0.673. The first-order chi connectivity index (χ1) is 9.77. The Hall–Kier alpha value is -1.88. The number of aromatic amines is 1. The minimum Gasteiger partial charge on any atom is -0.476 e. The van der Waals surface area contributed by atoms with Crippen molar-refractivity contribution in [2.24, 2.45) is 5.41 Å². The monoisotopic (exact) mass is 289 g/mol. The largest absolute Gasteiger partial charge is 0.476 e. The number of ether oxygens (including phenoxy) is 1. The topological polar surface area (TPSA) is 58.2 Å². The fraction of sp³-hybridized carbons (Fsp3) is 0.500. The summed E-state index contributed by atoms with van der Waals surface area (Å²) in [6, 6.07) is 3.73. The van der Waals surface area contributed by atoms with Gasteiger partial charge in [0.15, 0.2) is 5.78 Å². The van der Waals surface area contributed by atoms with E-state index in [1.165, 1.54) is 0 Å². The second-order valence-electron chi connectivity index (χ2n) is 6.52. The summed E-state index contributed by atoms with van der Waals surface area (Å²) in [6.45, 7) is 7.16. The van der Waals surface area contributed by atoms with Gasteiger partial charge in [-0.15, -0.1) is 0 Å². The van der Waals surface area contributed by atoms with Gasteiger partial charge in [-0.1, -0.05) is 20.8 Å². The van der Waals surface area contributed by atoms with Crippen LogP contribution < -0.4 is 4.74 Å². The molecule has 2 aromatic rings. The maximum atomic E-state index is 12.3. The Balaban J connectivity index is 2.18. The van der Waals surface area contributed by atoms with Crippen molar-refractivity contribution >= 4 is 16.7 Å². The molecule has 0 radical (unpaired) electrons. The fourth-order valence-electron chi connectivity index (χ4n) is 1.95. The number of hydrogen-bond acceptors (Lipinski definition) is 4. The Morgan fingerprint density at radius 2 is 2.05 bits per heavy atom. The lowest BCUT2D eigenvalue weighted by molar-refractivity contribution is 0.0854. The number of ketones is 1. The number of H-pyrrole nitrogens is 1. The zero-order valence-electron chi connectivity index (χ0n) is 13.4. The van der Waals surface area contributed by atoms with Gasteiger partial charge in [0.25, 0.3) is 0 Å². The molecule has 0 aliphatic carbocycles. The van der Waals surface area contributed by atoms with E-state index in [2.05, 4.69) is 14.9 Å². The van der Waals surface area contributed by atoms with Crippen LogP contribution in [0.1, 0.15) is 31.3 Å². The van der Waals surface area contributed by atoms with Crippen LogP contribution >= 0.6 is 0 Å². The number of likely N-dealkylation sites (N-methyl/N-ethyl adjacent to an activating group) is 1. The zero-order valence-corrected chi connectivity index (χ0v) is 13.4. The van der Waals surface area contributed by atoms with Crippen molar-refractivity contribution in [2.45, 2.75) is 20.8 Å². The van der Waals surface area contributed by atoms with Gasteiger partial charge in [-0.25, -0.2) is 4.98 Å². The zero-order chi connectivity index (χ0) is 15.6. The highest BCUT2D eigenvalue weighted by Crippen LogP contribution is 2.24. The molecule has 2 rings (SSSR count). The molecule has 0 saturated heterocycles. The fourth-order valence-corrected chi connectivity index (χ4v) is 1.95. The van der Waals surface area contributed by atoms with Crippen LogP contribution in [0.3, 0.4) is 0 Å². The van der Waals surface area contributed by atoms with Crippen LogP contribution in [0.15, 0.2) is 18.3 Å². The molecular weight excluding hydrogens is 266 g/mol. The molecule has 2 heterocycles. The Kier molecular flexibility index (Phi) is 4.32. The average Bonchev–Trinajstić information content (AvgIpc) is 2.79. The number of Topliss-reactive ketones (excluding diaryl/α,β-unsaturated/α-hetero) is 1. The number of carbonyl (C=O) groups is 1. The third-order valence-corrected chi connectivity index (χ3v) is 3.19. The molecule has 21 heavy (non-hydrogen) atoms. The molecule has 1 N–H and O–H groups in total. The van der Waals surface area contributed by atoms with Crippen molar-refractivity contribution in [3.05, 3.63) is 24.0 Å². The Labute approximate surface area is 125 Å². The van der Waals surface area contributed by atoms with Crippen molar-refractivity contribution in [1.82, 2.24) is 14.9 Å². The second kappa shape index (κ2) is 5.85. The van der Waals surface area contributed by atoms with Gasteiger partial charge in [-0.3, -0.25) is 4.79 Å². The SMILES string of the molecule is CN(C)CCOc1cc2cc(C(=O)C(C)(C)C)[nH]c2cn1. The minimum atomic E-state index is -0.403. The normalized spacial score (nSPS) is 12.1. The molecule has 5 heteroatoms. The van der Waals surface area contributed by atoms with Crippen molar-refractivity contribution in [2.75, 3.05) is 27.2 Å². The Morgan fingerprint density at radius 1 is 1.33 bits per heavy atom. The summed E-state index contributed by atoms with van der Waals surface area (Å²) in [6.07, 6.45) is 1.71. The lowest BCUT2D eigenvalue weighted by Crippen LogP contribution is -2.20. The van der Waals surface area contributed by atoms with Gasteiger partial charge >= 0.3 is 0 Å². The van der Waals surface area contributed by atoms with E-state index in [0.29, 0.717) is 18.2 Å². The number of nitrogens with one attached hydrogen (secondary N) is 1. The summed E-state index contributed by atoms with van der Waals surface area (Å²) in [5, 5.41) is 0.942. The number of rotatable bonds is 5. The molecule has 0 atom stereocenters. The number of nitrogens with zero attached hydrogens (tertiary/aromatic N) is 2.